The summed E-state index contributed by atoms with van der Waals surface area (Å²) in [5.74, 6) is 0.511. The van der Waals surface area contributed by atoms with Gasteiger partial charge in [0.15, 0.2) is 0 Å². The van der Waals surface area contributed by atoms with Gasteiger partial charge in [-0.15, -0.1) is 0 Å². The van der Waals surface area contributed by atoms with Gasteiger partial charge in [0.25, 0.3) is 0 Å². The molecule has 140 valence electrons. The second-order valence-electron chi connectivity index (χ2n) is 6.30. The first-order valence-electron chi connectivity index (χ1n) is 9.18. The Hall–Kier alpha value is -2.41. The Kier molecular flexibility index (Phi) is 6.22. The van der Waals surface area contributed by atoms with E-state index in [9.17, 15) is 9.59 Å². The first-order valence-corrected chi connectivity index (χ1v) is 9.18. The number of aryl methyl sites for hydroxylation is 1. The molecule has 0 bridgehead atoms. The number of nitrogens with one attached hydrogen (secondary N) is 1. The molecule has 1 aromatic heterocycles. The van der Waals surface area contributed by atoms with E-state index in [4.69, 9.17) is 9.47 Å². The zero-order chi connectivity index (χ0) is 18.4. The third-order valence-corrected chi connectivity index (χ3v) is 4.42. The molecule has 1 aliphatic rings. The first kappa shape index (κ1) is 18.4. The molecular formula is C19H25N3O4. The fourth-order valence-corrected chi connectivity index (χ4v) is 3.18. The van der Waals surface area contributed by atoms with Crippen molar-refractivity contribution in [1.29, 1.82) is 0 Å². The van der Waals surface area contributed by atoms with Crippen molar-refractivity contribution in [2.24, 2.45) is 0 Å². The van der Waals surface area contributed by atoms with Crippen LogP contribution in [-0.2, 0) is 32.0 Å². The van der Waals surface area contributed by atoms with Crippen LogP contribution < -0.4 is 5.32 Å². The van der Waals surface area contributed by atoms with Crippen LogP contribution in [0.3, 0.4) is 0 Å². The van der Waals surface area contributed by atoms with Crippen molar-refractivity contribution >= 4 is 22.9 Å². The van der Waals surface area contributed by atoms with Crippen molar-refractivity contribution < 1.29 is 19.1 Å². The van der Waals surface area contributed by atoms with Crippen LogP contribution in [0.4, 0.5) is 0 Å². The molecule has 0 spiro atoms. The van der Waals surface area contributed by atoms with E-state index in [-0.39, 0.29) is 24.5 Å². The fraction of sp³-hybridized carbons (Fsp3) is 0.526. The van der Waals surface area contributed by atoms with Gasteiger partial charge in [-0.3, -0.25) is 9.59 Å². The number of para-hydroxylation sites is 2. The van der Waals surface area contributed by atoms with E-state index in [1.165, 1.54) is 0 Å². The molecule has 1 aliphatic heterocycles. The number of esters is 1. The summed E-state index contributed by atoms with van der Waals surface area (Å²) in [5, 5.41) is 2.92. The lowest BCUT2D eigenvalue weighted by atomic mass is 10.2. The predicted octanol–water partition coefficient (Wildman–Crippen LogP) is 1.83. The number of nitrogens with zero attached hydrogens (tertiary/aromatic N) is 2. The van der Waals surface area contributed by atoms with E-state index in [0.717, 1.165) is 36.1 Å². The predicted molar refractivity (Wildman–Crippen MR) is 96.7 cm³/mol. The maximum Gasteiger partial charge on any atom is 0.326 e. The van der Waals surface area contributed by atoms with Crippen molar-refractivity contribution in [2.45, 2.75) is 45.3 Å². The number of carbonyl (C=O) groups excluding carboxylic acids is 2. The lowest BCUT2D eigenvalue weighted by Gasteiger charge is -2.11. The van der Waals surface area contributed by atoms with E-state index in [2.05, 4.69) is 10.3 Å². The standard InChI is InChI=1S/C19H25N3O4/c1-2-25-18(23)13-22-15-8-4-3-7-14(15)21-17(22)10-5-11-20-19(24)16-9-6-12-26-16/h3-4,7-8,16H,2,5-6,9-13H2,1H3,(H,20,24). The van der Waals surface area contributed by atoms with Crippen LogP contribution in [0.15, 0.2) is 24.3 Å². The highest BCUT2D eigenvalue weighted by molar-refractivity contribution is 5.81. The smallest absolute Gasteiger partial charge is 0.326 e. The molecule has 1 atom stereocenters. The second-order valence-corrected chi connectivity index (χ2v) is 6.30. The SMILES string of the molecule is CCOC(=O)Cn1c(CCCNC(=O)C2CCCO2)nc2ccccc21. The van der Waals surface area contributed by atoms with E-state index < -0.39 is 0 Å². The number of hydrogen-bond donors (Lipinski definition) is 1. The minimum absolute atomic E-state index is 0.0393. The molecule has 1 N–H and O–H groups in total. The van der Waals surface area contributed by atoms with E-state index >= 15 is 0 Å². The summed E-state index contributed by atoms with van der Waals surface area (Å²) in [6.45, 7) is 3.51. The Bertz CT molecular complexity index is 765. The molecule has 1 unspecified atom stereocenters. The van der Waals surface area contributed by atoms with Gasteiger partial charge in [0.2, 0.25) is 5.91 Å². The molecule has 2 aromatic rings. The zero-order valence-corrected chi connectivity index (χ0v) is 15.1. The average Bonchev–Trinajstić information content (AvgIpc) is 3.28. The number of benzene rings is 1. The number of rotatable bonds is 8. The van der Waals surface area contributed by atoms with Crippen molar-refractivity contribution in [3.05, 3.63) is 30.1 Å². The van der Waals surface area contributed by atoms with E-state index in [1.807, 2.05) is 28.8 Å². The number of amides is 1. The maximum atomic E-state index is 12.0. The summed E-state index contributed by atoms with van der Waals surface area (Å²) in [6, 6.07) is 7.73. The topological polar surface area (TPSA) is 82.5 Å². The molecule has 1 saturated heterocycles. The van der Waals surface area contributed by atoms with Gasteiger partial charge in [-0.05, 0) is 38.3 Å². The summed E-state index contributed by atoms with van der Waals surface area (Å²) in [6.07, 6.45) is 2.84. The monoisotopic (exact) mass is 359 g/mol. The molecule has 7 nitrogen and oxygen atoms in total. The Labute approximate surface area is 152 Å². The average molecular weight is 359 g/mol. The minimum Gasteiger partial charge on any atom is -0.465 e. The molecule has 0 radical (unpaired) electrons. The third kappa shape index (κ3) is 4.40. The van der Waals surface area contributed by atoms with E-state index in [1.54, 1.807) is 6.92 Å². The minimum atomic E-state index is -0.302. The summed E-state index contributed by atoms with van der Waals surface area (Å²) in [7, 11) is 0. The van der Waals surface area contributed by atoms with Crippen molar-refractivity contribution in [1.82, 2.24) is 14.9 Å². The molecule has 2 heterocycles. The first-order chi connectivity index (χ1) is 12.7. The second kappa shape index (κ2) is 8.80. The molecule has 7 heteroatoms. The molecule has 26 heavy (non-hydrogen) atoms. The lowest BCUT2D eigenvalue weighted by molar-refractivity contribution is -0.143. The fourth-order valence-electron chi connectivity index (χ4n) is 3.18. The summed E-state index contributed by atoms with van der Waals surface area (Å²) in [4.78, 5) is 28.5. The highest BCUT2D eigenvalue weighted by atomic mass is 16.5. The molecule has 0 saturated carbocycles. The van der Waals surface area contributed by atoms with Gasteiger partial charge in [0, 0.05) is 19.6 Å². The van der Waals surface area contributed by atoms with Gasteiger partial charge in [0.05, 0.1) is 17.6 Å². The van der Waals surface area contributed by atoms with E-state index in [0.29, 0.717) is 26.2 Å². The van der Waals surface area contributed by atoms with Crippen LogP contribution in [0.25, 0.3) is 11.0 Å². The maximum absolute atomic E-state index is 12.0. The van der Waals surface area contributed by atoms with Gasteiger partial charge in [-0.2, -0.15) is 0 Å². The number of imidazole rings is 1. The van der Waals surface area contributed by atoms with Crippen molar-refractivity contribution in [3.63, 3.8) is 0 Å². The summed E-state index contributed by atoms with van der Waals surface area (Å²) < 4.78 is 12.3. The quantitative estimate of drug-likeness (QED) is 0.574. The Balaban J connectivity index is 1.61. The molecule has 1 fully saturated rings. The van der Waals surface area contributed by atoms with Gasteiger partial charge in [-0.1, -0.05) is 12.1 Å². The Morgan fingerprint density at radius 3 is 3.00 bits per heavy atom. The Morgan fingerprint density at radius 2 is 2.23 bits per heavy atom. The largest absolute Gasteiger partial charge is 0.465 e. The number of fused-ring (bicyclic) bond motifs is 1. The molecule has 3 rings (SSSR count). The van der Waals surface area contributed by atoms with Crippen molar-refractivity contribution in [2.75, 3.05) is 19.8 Å². The summed E-state index contributed by atoms with van der Waals surface area (Å²) >= 11 is 0. The van der Waals surface area contributed by atoms with Gasteiger partial charge >= 0.3 is 5.97 Å². The van der Waals surface area contributed by atoms with Crippen LogP contribution in [0.2, 0.25) is 0 Å². The highest BCUT2D eigenvalue weighted by Gasteiger charge is 2.23. The van der Waals surface area contributed by atoms with Crippen LogP contribution in [0.5, 0.6) is 0 Å². The molecular weight excluding hydrogens is 334 g/mol. The number of aromatic nitrogens is 2. The zero-order valence-electron chi connectivity index (χ0n) is 15.1. The van der Waals surface area contributed by atoms with Crippen LogP contribution >= 0.6 is 0 Å². The highest BCUT2D eigenvalue weighted by Crippen LogP contribution is 2.17. The normalized spacial score (nSPS) is 16.7. The van der Waals surface area contributed by atoms with Crippen LogP contribution in [-0.4, -0.2) is 47.3 Å². The lowest BCUT2D eigenvalue weighted by Crippen LogP contribution is -2.34. The van der Waals surface area contributed by atoms with Gasteiger partial charge in [0.1, 0.15) is 18.5 Å². The number of ether oxygens (including phenoxy) is 2. The molecule has 1 amide bonds. The third-order valence-electron chi connectivity index (χ3n) is 4.42. The van der Waals surface area contributed by atoms with Crippen molar-refractivity contribution in [3.8, 4) is 0 Å². The number of carbonyl (C=O) groups is 2. The van der Waals surface area contributed by atoms with Gasteiger partial charge in [-0.25, -0.2) is 4.98 Å². The summed E-state index contributed by atoms with van der Waals surface area (Å²) in [5.41, 5.74) is 1.77. The molecule has 0 aliphatic carbocycles. The molecule has 1 aromatic carbocycles. The van der Waals surface area contributed by atoms with Crippen LogP contribution in [0.1, 0.15) is 32.0 Å². The van der Waals surface area contributed by atoms with Crippen LogP contribution in [0, 0.1) is 0 Å². The van der Waals surface area contributed by atoms with Gasteiger partial charge < -0.3 is 19.4 Å². The Morgan fingerprint density at radius 1 is 1.38 bits per heavy atom. The number of hydrogen-bond acceptors (Lipinski definition) is 5.